The first kappa shape index (κ1) is 14.8. The molecule has 0 unspecified atom stereocenters. The highest BCUT2D eigenvalue weighted by atomic mass is 16.1. The summed E-state index contributed by atoms with van der Waals surface area (Å²) in [5, 5.41) is 8.38. The van der Waals surface area contributed by atoms with Crippen LogP contribution in [0.5, 0.6) is 0 Å². The molecular weight excluding hydrogens is 276 g/mol. The Bertz CT molecular complexity index is 665. The molecule has 1 aliphatic heterocycles. The minimum Gasteiger partial charge on any atom is -0.369 e. The maximum atomic E-state index is 11.8. The monoisotopic (exact) mass is 298 g/mol. The maximum absolute atomic E-state index is 11.8. The van der Waals surface area contributed by atoms with Crippen molar-refractivity contribution in [2.24, 2.45) is 0 Å². The number of anilines is 2. The molecule has 5 heteroatoms. The van der Waals surface area contributed by atoms with Gasteiger partial charge in [-0.2, -0.15) is 0 Å². The third kappa shape index (κ3) is 3.20. The Labute approximate surface area is 130 Å². The number of aromatic nitrogens is 1. The van der Waals surface area contributed by atoms with E-state index in [9.17, 15) is 4.79 Å². The molecule has 1 saturated heterocycles. The number of nitrogens with one attached hydrogen (secondary N) is 2. The van der Waals surface area contributed by atoms with Gasteiger partial charge in [-0.1, -0.05) is 6.92 Å². The van der Waals surface area contributed by atoms with Gasteiger partial charge in [0, 0.05) is 49.9 Å². The molecule has 2 N–H and O–H groups in total. The quantitative estimate of drug-likeness (QED) is 0.910. The van der Waals surface area contributed by atoms with Crippen LogP contribution < -0.4 is 15.5 Å². The summed E-state index contributed by atoms with van der Waals surface area (Å²) in [6.45, 7) is 6.09. The van der Waals surface area contributed by atoms with Crippen molar-refractivity contribution in [2.45, 2.75) is 19.8 Å². The Balaban J connectivity index is 1.88. The summed E-state index contributed by atoms with van der Waals surface area (Å²) < 4.78 is 0. The van der Waals surface area contributed by atoms with Gasteiger partial charge in [0.1, 0.15) is 5.82 Å². The summed E-state index contributed by atoms with van der Waals surface area (Å²) >= 11 is 0. The summed E-state index contributed by atoms with van der Waals surface area (Å²) in [6.07, 6.45) is 3.12. The third-order valence-corrected chi connectivity index (χ3v) is 3.97. The number of carbonyl (C=O) groups excluding carboxylic acids is 1. The van der Waals surface area contributed by atoms with Crippen molar-refractivity contribution in [3.05, 3.63) is 30.5 Å². The van der Waals surface area contributed by atoms with Gasteiger partial charge in [0.2, 0.25) is 5.91 Å². The molecular formula is C17H22N4O. The van der Waals surface area contributed by atoms with Gasteiger partial charge in [-0.15, -0.1) is 0 Å². The van der Waals surface area contributed by atoms with Crippen molar-refractivity contribution >= 4 is 28.2 Å². The molecule has 2 heterocycles. The Morgan fingerprint density at radius 1 is 1.32 bits per heavy atom. The third-order valence-electron chi connectivity index (χ3n) is 3.97. The molecule has 1 aliphatic rings. The first-order valence-corrected chi connectivity index (χ1v) is 7.92. The minimum absolute atomic E-state index is 0.0219. The van der Waals surface area contributed by atoms with E-state index in [2.05, 4.69) is 38.7 Å². The number of pyridine rings is 1. The number of rotatable bonds is 4. The van der Waals surface area contributed by atoms with E-state index in [-0.39, 0.29) is 5.91 Å². The predicted molar refractivity (Wildman–Crippen MR) is 90.4 cm³/mol. The Morgan fingerprint density at radius 2 is 2.14 bits per heavy atom. The van der Waals surface area contributed by atoms with Gasteiger partial charge in [-0.05, 0) is 36.1 Å². The highest BCUT2D eigenvalue weighted by Gasteiger charge is 2.12. The van der Waals surface area contributed by atoms with E-state index >= 15 is 0 Å². The molecule has 0 radical (unpaired) electrons. The first-order chi connectivity index (χ1) is 10.8. The van der Waals surface area contributed by atoms with Crippen LogP contribution in [0.3, 0.4) is 0 Å². The zero-order valence-electron chi connectivity index (χ0n) is 12.9. The SMILES string of the molecule is CCCC(=O)Nc1nccc2cc(N3CCNCC3)ccc12. The van der Waals surface area contributed by atoms with E-state index in [0.29, 0.717) is 12.2 Å². The highest BCUT2D eigenvalue weighted by molar-refractivity contribution is 6.01. The standard InChI is InChI=1S/C17H22N4O/c1-2-3-16(22)20-17-15-5-4-14(12-13(15)6-7-19-17)21-10-8-18-9-11-21/h4-7,12,18H,2-3,8-11H2,1H3,(H,19,20,22). The second-order valence-corrected chi connectivity index (χ2v) is 5.60. The van der Waals surface area contributed by atoms with Crippen molar-refractivity contribution in [1.29, 1.82) is 0 Å². The van der Waals surface area contributed by atoms with Gasteiger partial charge in [-0.25, -0.2) is 4.98 Å². The fraction of sp³-hybridized carbons (Fsp3) is 0.412. The number of piperazine rings is 1. The molecule has 22 heavy (non-hydrogen) atoms. The van der Waals surface area contributed by atoms with Gasteiger partial charge in [0.25, 0.3) is 0 Å². The zero-order valence-corrected chi connectivity index (χ0v) is 12.9. The molecule has 2 aromatic rings. The van der Waals surface area contributed by atoms with Crippen LogP contribution in [0.25, 0.3) is 10.8 Å². The number of amides is 1. The molecule has 1 aromatic carbocycles. The lowest BCUT2D eigenvalue weighted by Crippen LogP contribution is -2.43. The van der Waals surface area contributed by atoms with Crippen LogP contribution in [0.4, 0.5) is 11.5 Å². The van der Waals surface area contributed by atoms with E-state index in [4.69, 9.17) is 0 Å². The van der Waals surface area contributed by atoms with Gasteiger partial charge in [-0.3, -0.25) is 4.79 Å². The molecule has 0 saturated carbocycles. The fourth-order valence-corrected chi connectivity index (χ4v) is 2.81. The number of carbonyl (C=O) groups is 1. The number of hydrogen-bond donors (Lipinski definition) is 2. The van der Waals surface area contributed by atoms with Crippen molar-refractivity contribution in [3.63, 3.8) is 0 Å². The van der Waals surface area contributed by atoms with Crippen molar-refractivity contribution in [1.82, 2.24) is 10.3 Å². The Kier molecular flexibility index (Phi) is 4.53. The van der Waals surface area contributed by atoms with Crippen molar-refractivity contribution in [2.75, 3.05) is 36.4 Å². The topological polar surface area (TPSA) is 57.3 Å². The minimum atomic E-state index is 0.0219. The first-order valence-electron chi connectivity index (χ1n) is 7.92. The van der Waals surface area contributed by atoms with Crippen LogP contribution in [0.1, 0.15) is 19.8 Å². The summed E-state index contributed by atoms with van der Waals surface area (Å²) in [4.78, 5) is 18.5. The smallest absolute Gasteiger partial charge is 0.225 e. The Hall–Kier alpha value is -2.14. The molecule has 1 amide bonds. The van der Waals surface area contributed by atoms with Crippen LogP contribution in [0, 0.1) is 0 Å². The lowest BCUT2D eigenvalue weighted by molar-refractivity contribution is -0.116. The van der Waals surface area contributed by atoms with Crippen LogP contribution >= 0.6 is 0 Å². The normalized spacial score (nSPS) is 15.0. The second-order valence-electron chi connectivity index (χ2n) is 5.60. The molecule has 116 valence electrons. The predicted octanol–water partition coefficient (Wildman–Crippen LogP) is 2.38. The van der Waals surface area contributed by atoms with Gasteiger partial charge >= 0.3 is 0 Å². The van der Waals surface area contributed by atoms with E-state index < -0.39 is 0 Å². The van der Waals surface area contributed by atoms with E-state index in [1.54, 1.807) is 6.20 Å². The average Bonchev–Trinajstić information content (AvgIpc) is 2.56. The molecule has 1 fully saturated rings. The zero-order chi connectivity index (χ0) is 15.4. The molecule has 0 spiro atoms. The largest absolute Gasteiger partial charge is 0.369 e. The van der Waals surface area contributed by atoms with Crippen molar-refractivity contribution in [3.8, 4) is 0 Å². The van der Waals surface area contributed by atoms with Crippen LogP contribution in [0.2, 0.25) is 0 Å². The molecule has 3 rings (SSSR count). The number of benzene rings is 1. The van der Waals surface area contributed by atoms with Gasteiger partial charge < -0.3 is 15.5 Å². The number of fused-ring (bicyclic) bond motifs is 1. The van der Waals surface area contributed by atoms with Crippen molar-refractivity contribution < 1.29 is 4.79 Å². The van der Waals surface area contributed by atoms with Gasteiger partial charge in [0.05, 0.1) is 0 Å². The summed E-state index contributed by atoms with van der Waals surface area (Å²) in [5.74, 6) is 0.677. The molecule has 0 bridgehead atoms. The second kappa shape index (κ2) is 6.75. The molecule has 0 aliphatic carbocycles. The van der Waals surface area contributed by atoms with Crippen LogP contribution in [-0.2, 0) is 4.79 Å². The number of hydrogen-bond acceptors (Lipinski definition) is 4. The highest BCUT2D eigenvalue weighted by Crippen LogP contribution is 2.26. The molecule has 5 nitrogen and oxygen atoms in total. The fourth-order valence-electron chi connectivity index (χ4n) is 2.81. The molecule has 0 atom stereocenters. The lowest BCUT2D eigenvalue weighted by atomic mass is 10.1. The van der Waals surface area contributed by atoms with Crippen LogP contribution in [-0.4, -0.2) is 37.1 Å². The van der Waals surface area contributed by atoms with E-state index in [1.807, 2.05) is 13.0 Å². The summed E-state index contributed by atoms with van der Waals surface area (Å²) in [6, 6.07) is 8.35. The summed E-state index contributed by atoms with van der Waals surface area (Å²) in [7, 11) is 0. The van der Waals surface area contributed by atoms with E-state index in [0.717, 1.165) is 43.4 Å². The lowest BCUT2D eigenvalue weighted by Gasteiger charge is -2.29. The van der Waals surface area contributed by atoms with Gasteiger partial charge in [0.15, 0.2) is 0 Å². The Morgan fingerprint density at radius 3 is 2.91 bits per heavy atom. The van der Waals surface area contributed by atoms with E-state index in [1.165, 1.54) is 5.69 Å². The van der Waals surface area contributed by atoms with Crippen LogP contribution in [0.15, 0.2) is 30.5 Å². The maximum Gasteiger partial charge on any atom is 0.225 e. The molecule has 1 aromatic heterocycles. The number of nitrogens with zero attached hydrogens (tertiary/aromatic N) is 2. The summed E-state index contributed by atoms with van der Waals surface area (Å²) in [5.41, 5.74) is 1.23. The average molecular weight is 298 g/mol.